The van der Waals surface area contributed by atoms with E-state index in [0.717, 1.165) is 11.4 Å². The number of Topliss-reactive ketones (excluding diaryl/α,β-unsaturated/α-hetero) is 2. The third-order valence-electron chi connectivity index (χ3n) is 8.20. The second-order valence-corrected chi connectivity index (χ2v) is 13.3. The van der Waals surface area contributed by atoms with Crippen molar-refractivity contribution in [2.45, 2.75) is 72.3 Å². The minimum absolute atomic E-state index is 0.000551. The number of halogens is 2. The van der Waals surface area contributed by atoms with Crippen LogP contribution in [-0.4, -0.2) is 34.1 Å². The smallest absolute Gasteiger partial charge is 0.305 e. The molecule has 41 heavy (non-hydrogen) atoms. The van der Waals surface area contributed by atoms with E-state index in [1.54, 1.807) is 30.3 Å². The minimum Gasteiger partial charge on any atom is -0.487 e. The molecule has 0 unspecified atom stereocenters. The van der Waals surface area contributed by atoms with Crippen LogP contribution in [0.4, 0.5) is 4.39 Å². The first-order valence-corrected chi connectivity index (χ1v) is 14.3. The summed E-state index contributed by atoms with van der Waals surface area (Å²) >= 11 is 6.69. The summed E-state index contributed by atoms with van der Waals surface area (Å²) in [6.07, 6.45) is 1.73. The lowest BCUT2D eigenvalue weighted by Crippen LogP contribution is -2.45. The standard InChI is InChI=1S/C33H35ClFNO5/c1-32(2)14-23-30(25(37)16-32)29(31-24(36(23)12-11-28(39)40)15-33(3,4)17-26(31)38)19-9-10-27(21(34)13-19)41-18-20-7-5-6-8-22(20)35/h5-10,13,29H,11-12,14-18H2,1-4H3,(H,39,40). The van der Waals surface area contributed by atoms with Gasteiger partial charge in [0.1, 0.15) is 18.2 Å². The summed E-state index contributed by atoms with van der Waals surface area (Å²) in [4.78, 5) is 41.3. The molecule has 0 radical (unpaired) electrons. The largest absolute Gasteiger partial charge is 0.487 e. The van der Waals surface area contributed by atoms with E-state index < -0.39 is 11.9 Å². The molecule has 8 heteroatoms. The second-order valence-electron chi connectivity index (χ2n) is 12.9. The van der Waals surface area contributed by atoms with Crippen LogP contribution in [-0.2, 0) is 21.0 Å². The SMILES string of the molecule is CC1(C)CC(=O)C2=C(C1)N(CCC(=O)O)C1=C(C(=O)CC(C)(C)C1)C2c1ccc(OCc2ccccc2F)c(Cl)c1. The topological polar surface area (TPSA) is 83.9 Å². The van der Waals surface area contributed by atoms with E-state index >= 15 is 0 Å². The van der Waals surface area contributed by atoms with Crippen molar-refractivity contribution >= 4 is 29.1 Å². The van der Waals surface area contributed by atoms with Crippen LogP contribution in [0.1, 0.15) is 76.8 Å². The summed E-state index contributed by atoms with van der Waals surface area (Å²) in [5, 5.41) is 9.82. The Labute approximate surface area is 244 Å². The maximum absolute atomic E-state index is 14.1. The molecule has 0 saturated heterocycles. The fraction of sp³-hybridized carbons (Fsp3) is 0.424. The number of carboxylic acids is 1. The third-order valence-corrected chi connectivity index (χ3v) is 8.50. The predicted molar refractivity (Wildman–Crippen MR) is 154 cm³/mol. The molecule has 0 fully saturated rings. The molecule has 0 atom stereocenters. The van der Waals surface area contributed by atoms with Crippen LogP contribution in [0.2, 0.25) is 5.02 Å². The Hall–Kier alpha value is -3.45. The Morgan fingerprint density at radius 3 is 2.10 bits per heavy atom. The third kappa shape index (κ3) is 5.82. The van der Waals surface area contributed by atoms with Crippen LogP contribution in [0, 0.1) is 16.6 Å². The first kappa shape index (κ1) is 29.1. The monoisotopic (exact) mass is 579 g/mol. The first-order chi connectivity index (χ1) is 19.3. The van der Waals surface area contributed by atoms with E-state index in [9.17, 15) is 23.9 Å². The number of carboxylic acid groups (broad SMARTS) is 1. The molecule has 0 saturated carbocycles. The van der Waals surface area contributed by atoms with Gasteiger partial charge in [-0.2, -0.15) is 0 Å². The van der Waals surface area contributed by atoms with Gasteiger partial charge < -0.3 is 14.7 Å². The van der Waals surface area contributed by atoms with Gasteiger partial charge in [-0.3, -0.25) is 14.4 Å². The summed E-state index contributed by atoms with van der Waals surface area (Å²) in [7, 11) is 0. The van der Waals surface area contributed by atoms with Crippen LogP contribution in [0.15, 0.2) is 65.0 Å². The van der Waals surface area contributed by atoms with Crippen molar-refractivity contribution < 1.29 is 28.6 Å². The van der Waals surface area contributed by atoms with E-state index in [1.165, 1.54) is 6.07 Å². The maximum atomic E-state index is 14.1. The van der Waals surface area contributed by atoms with Crippen molar-refractivity contribution in [3.63, 3.8) is 0 Å². The summed E-state index contributed by atoms with van der Waals surface area (Å²) < 4.78 is 19.9. The fourth-order valence-electron chi connectivity index (χ4n) is 6.44. The lowest BCUT2D eigenvalue weighted by atomic mass is 9.63. The van der Waals surface area contributed by atoms with Gasteiger partial charge in [0.15, 0.2) is 11.6 Å². The van der Waals surface area contributed by atoms with Gasteiger partial charge in [0.2, 0.25) is 0 Å². The highest BCUT2D eigenvalue weighted by atomic mass is 35.5. The summed E-state index contributed by atoms with van der Waals surface area (Å²) in [5.74, 6) is -1.62. The number of hydrogen-bond acceptors (Lipinski definition) is 5. The Morgan fingerprint density at radius 1 is 0.976 bits per heavy atom. The highest BCUT2D eigenvalue weighted by Crippen LogP contribution is 2.54. The van der Waals surface area contributed by atoms with Crippen LogP contribution >= 0.6 is 11.6 Å². The Morgan fingerprint density at radius 2 is 1.56 bits per heavy atom. The van der Waals surface area contributed by atoms with Gasteiger partial charge in [-0.05, 0) is 47.4 Å². The molecule has 2 aromatic rings. The second kappa shape index (κ2) is 10.8. The zero-order chi connectivity index (χ0) is 29.7. The quantitative estimate of drug-likeness (QED) is 0.373. The summed E-state index contributed by atoms with van der Waals surface area (Å²) in [6, 6.07) is 11.6. The molecule has 3 aliphatic rings. The van der Waals surface area contributed by atoms with Crippen molar-refractivity contribution in [3.05, 3.63) is 87.0 Å². The average Bonchev–Trinajstić information content (AvgIpc) is 2.85. The lowest BCUT2D eigenvalue weighted by molar-refractivity contribution is -0.137. The van der Waals surface area contributed by atoms with Gasteiger partial charge in [-0.25, -0.2) is 4.39 Å². The van der Waals surface area contributed by atoms with E-state index in [2.05, 4.69) is 0 Å². The molecule has 0 spiro atoms. The highest BCUT2D eigenvalue weighted by Gasteiger charge is 2.49. The van der Waals surface area contributed by atoms with E-state index in [4.69, 9.17) is 16.3 Å². The van der Waals surface area contributed by atoms with Crippen molar-refractivity contribution in [1.29, 1.82) is 0 Å². The van der Waals surface area contributed by atoms with Crippen LogP contribution < -0.4 is 4.74 Å². The van der Waals surface area contributed by atoms with Crippen LogP contribution in [0.5, 0.6) is 5.75 Å². The first-order valence-electron chi connectivity index (χ1n) is 13.9. The predicted octanol–water partition coefficient (Wildman–Crippen LogP) is 7.22. The molecule has 5 rings (SSSR count). The van der Waals surface area contributed by atoms with E-state index in [0.29, 0.717) is 58.7 Å². The van der Waals surface area contributed by atoms with Crippen molar-refractivity contribution in [1.82, 2.24) is 4.90 Å². The lowest BCUT2D eigenvalue weighted by Gasteiger charge is -2.49. The maximum Gasteiger partial charge on any atom is 0.305 e. The molecule has 0 amide bonds. The van der Waals surface area contributed by atoms with Gasteiger partial charge >= 0.3 is 5.97 Å². The van der Waals surface area contributed by atoms with Gasteiger partial charge in [0, 0.05) is 53.4 Å². The Kier molecular flexibility index (Phi) is 7.62. The zero-order valence-corrected chi connectivity index (χ0v) is 24.6. The number of carbonyl (C=O) groups excluding carboxylic acids is 2. The van der Waals surface area contributed by atoms with Crippen molar-refractivity contribution in [2.24, 2.45) is 10.8 Å². The Bertz CT molecular complexity index is 1450. The molecule has 0 bridgehead atoms. The number of aliphatic carboxylic acids is 1. The van der Waals surface area contributed by atoms with Gasteiger partial charge in [-0.15, -0.1) is 0 Å². The van der Waals surface area contributed by atoms with E-state index in [1.807, 2.05) is 38.7 Å². The normalized spacial score (nSPS) is 20.2. The summed E-state index contributed by atoms with van der Waals surface area (Å²) in [6.45, 7) is 8.35. The van der Waals surface area contributed by atoms with Gasteiger partial charge in [-0.1, -0.05) is 63.6 Å². The molecular formula is C33H35ClFNO5. The Balaban J connectivity index is 1.61. The van der Waals surface area contributed by atoms with E-state index in [-0.39, 0.29) is 47.8 Å². The zero-order valence-electron chi connectivity index (χ0n) is 23.9. The molecule has 0 aromatic heterocycles. The molecule has 216 valence electrons. The number of carbonyl (C=O) groups is 3. The van der Waals surface area contributed by atoms with Crippen molar-refractivity contribution in [2.75, 3.05) is 6.54 Å². The number of rotatable bonds is 7. The molecule has 6 nitrogen and oxygen atoms in total. The van der Waals surface area contributed by atoms with Crippen molar-refractivity contribution in [3.8, 4) is 5.75 Å². The average molecular weight is 580 g/mol. The van der Waals surface area contributed by atoms with Gasteiger partial charge in [0.05, 0.1) is 11.4 Å². The number of hydrogen-bond donors (Lipinski definition) is 1. The number of ketones is 2. The molecule has 1 heterocycles. The van der Waals surface area contributed by atoms with Crippen LogP contribution in [0.3, 0.4) is 0 Å². The number of allylic oxidation sites excluding steroid dienone is 4. The molecular weight excluding hydrogens is 545 g/mol. The van der Waals surface area contributed by atoms with Crippen LogP contribution in [0.25, 0.3) is 0 Å². The summed E-state index contributed by atoms with van der Waals surface area (Å²) in [5.41, 5.74) is 3.20. The fourth-order valence-corrected chi connectivity index (χ4v) is 6.69. The number of ether oxygens (including phenoxy) is 1. The molecule has 1 N–H and O–H groups in total. The number of nitrogens with zero attached hydrogens (tertiary/aromatic N) is 1. The van der Waals surface area contributed by atoms with Gasteiger partial charge in [0.25, 0.3) is 0 Å². The number of benzene rings is 2. The molecule has 2 aromatic carbocycles. The molecule has 2 aliphatic carbocycles. The highest BCUT2D eigenvalue weighted by molar-refractivity contribution is 6.32. The molecule has 1 aliphatic heterocycles. The minimum atomic E-state index is -0.933.